The molecule has 0 aliphatic rings. The van der Waals surface area contributed by atoms with Crippen molar-refractivity contribution < 1.29 is 5.11 Å². The number of phenolic OH excluding ortho intramolecular Hbond substituents is 1. The van der Waals surface area contributed by atoms with Crippen LogP contribution in [0.2, 0.25) is 0 Å². The van der Waals surface area contributed by atoms with Crippen molar-refractivity contribution >= 4 is 11.0 Å². The highest BCUT2D eigenvalue weighted by Crippen LogP contribution is 2.40. The molecule has 2 N–H and O–H groups in total. The van der Waals surface area contributed by atoms with Crippen LogP contribution in [0.15, 0.2) is 36.4 Å². The van der Waals surface area contributed by atoms with Gasteiger partial charge < -0.3 is 5.11 Å². The summed E-state index contributed by atoms with van der Waals surface area (Å²) in [5, 5.41) is 21.3. The van der Waals surface area contributed by atoms with E-state index in [1.807, 2.05) is 30.3 Å². The Bertz CT molecular complexity index is 769. The topological polar surface area (TPSA) is 61.8 Å². The molecule has 2 aromatic carbocycles. The first-order valence-corrected chi connectivity index (χ1v) is 6.61. The summed E-state index contributed by atoms with van der Waals surface area (Å²) in [7, 11) is 0. The quantitative estimate of drug-likeness (QED) is 0.707. The summed E-state index contributed by atoms with van der Waals surface area (Å²) in [6.07, 6.45) is 0. The van der Waals surface area contributed by atoms with Crippen LogP contribution in [-0.2, 0) is 5.41 Å². The smallest absolute Gasteiger partial charge is 0.120 e. The number of aromatic hydroxyl groups is 1. The minimum absolute atomic E-state index is 0.160. The second-order valence-electron chi connectivity index (χ2n) is 5.95. The summed E-state index contributed by atoms with van der Waals surface area (Å²) < 4.78 is 0. The molecular formula is C16H17N3O. The predicted molar refractivity (Wildman–Crippen MR) is 79.7 cm³/mol. The largest absolute Gasteiger partial charge is 0.508 e. The summed E-state index contributed by atoms with van der Waals surface area (Å²) in [6.45, 7) is 6.28. The van der Waals surface area contributed by atoms with Crippen molar-refractivity contribution in [3.63, 3.8) is 0 Å². The zero-order valence-corrected chi connectivity index (χ0v) is 11.8. The first-order chi connectivity index (χ1) is 9.48. The molecule has 0 aliphatic heterocycles. The third kappa shape index (κ3) is 1.93. The summed E-state index contributed by atoms with van der Waals surface area (Å²) in [6, 6.07) is 11.5. The van der Waals surface area contributed by atoms with Crippen molar-refractivity contribution in [2.75, 3.05) is 0 Å². The Labute approximate surface area is 117 Å². The number of nitrogens with zero attached hydrogens (tertiary/aromatic N) is 2. The molecule has 0 bridgehead atoms. The van der Waals surface area contributed by atoms with Gasteiger partial charge in [0.2, 0.25) is 0 Å². The van der Waals surface area contributed by atoms with Gasteiger partial charge in [0, 0.05) is 11.1 Å². The number of aromatic amines is 1. The molecule has 0 spiro atoms. The van der Waals surface area contributed by atoms with Gasteiger partial charge in [-0.1, -0.05) is 45.0 Å². The molecule has 0 radical (unpaired) electrons. The highest BCUT2D eigenvalue weighted by Gasteiger charge is 2.23. The lowest BCUT2D eigenvalue weighted by molar-refractivity contribution is 0.447. The Balaban J connectivity index is 2.36. The molecule has 0 aliphatic carbocycles. The minimum atomic E-state index is -0.160. The number of rotatable bonds is 1. The van der Waals surface area contributed by atoms with Crippen LogP contribution in [0, 0.1) is 0 Å². The van der Waals surface area contributed by atoms with Gasteiger partial charge in [-0.3, -0.25) is 0 Å². The minimum Gasteiger partial charge on any atom is -0.508 e. The second kappa shape index (κ2) is 4.34. The highest BCUT2D eigenvalue weighted by atomic mass is 16.3. The van der Waals surface area contributed by atoms with E-state index in [0.717, 1.165) is 27.7 Å². The van der Waals surface area contributed by atoms with Gasteiger partial charge in [0.1, 0.15) is 16.8 Å². The van der Waals surface area contributed by atoms with Gasteiger partial charge >= 0.3 is 0 Å². The molecule has 0 saturated heterocycles. The van der Waals surface area contributed by atoms with Gasteiger partial charge in [-0.15, -0.1) is 0 Å². The Kier molecular flexibility index (Phi) is 2.74. The maximum atomic E-state index is 10.3. The Morgan fingerprint density at radius 3 is 2.40 bits per heavy atom. The summed E-state index contributed by atoms with van der Waals surface area (Å²) in [4.78, 5) is 0. The number of nitrogens with one attached hydrogen (secondary N) is 1. The van der Waals surface area contributed by atoms with Crippen molar-refractivity contribution in [2.45, 2.75) is 26.2 Å². The Hall–Kier alpha value is -2.36. The van der Waals surface area contributed by atoms with E-state index in [1.54, 1.807) is 6.07 Å². The van der Waals surface area contributed by atoms with Crippen molar-refractivity contribution in [2.24, 2.45) is 0 Å². The fraction of sp³-hybridized carbons (Fsp3) is 0.250. The number of hydrogen-bond acceptors (Lipinski definition) is 3. The number of benzene rings is 2. The van der Waals surface area contributed by atoms with E-state index in [0.29, 0.717) is 5.75 Å². The van der Waals surface area contributed by atoms with Gasteiger partial charge in [-0.05, 0) is 23.1 Å². The normalized spacial score (nSPS) is 11.9. The van der Waals surface area contributed by atoms with Crippen LogP contribution in [-0.4, -0.2) is 20.5 Å². The molecule has 1 heterocycles. The van der Waals surface area contributed by atoms with E-state index in [2.05, 4.69) is 36.2 Å². The van der Waals surface area contributed by atoms with E-state index in [9.17, 15) is 5.11 Å². The first-order valence-electron chi connectivity index (χ1n) is 6.61. The van der Waals surface area contributed by atoms with Crippen LogP contribution < -0.4 is 0 Å². The van der Waals surface area contributed by atoms with E-state index in [-0.39, 0.29) is 5.41 Å². The maximum Gasteiger partial charge on any atom is 0.120 e. The Morgan fingerprint density at radius 2 is 1.65 bits per heavy atom. The molecule has 20 heavy (non-hydrogen) atoms. The molecule has 0 unspecified atom stereocenters. The number of fused-ring (bicyclic) bond motifs is 1. The maximum absolute atomic E-state index is 10.3. The standard InChI is InChI=1S/C16H17N3O/c1-16(2,3)14-10(6-5-9-13(14)20)11-7-4-8-12-15(11)18-19-17-12/h4-9,20H,1-3H3,(H,17,18,19). The van der Waals surface area contributed by atoms with Crippen LogP contribution in [0.25, 0.3) is 22.2 Å². The fourth-order valence-electron chi connectivity index (χ4n) is 2.64. The second-order valence-corrected chi connectivity index (χ2v) is 5.95. The van der Waals surface area contributed by atoms with Gasteiger partial charge in [0.05, 0.1) is 0 Å². The predicted octanol–water partition coefficient (Wildman–Crippen LogP) is 3.63. The van der Waals surface area contributed by atoms with Crippen LogP contribution in [0.4, 0.5) is 0 Å². The lowest BCUT2D eigenvalue weighted by Gasteiger charge is -2.24. The number of hydrogen-bond donors (Lipinski definition) is 2. The molecule has 0 fully saturated rings. The van der Waals surface area contributed by atoms with Gasteiger partial charge in [-0.2, -0.15) is 15.4 Å². The Morgan fingerprint density at radius 1 is 0.950 bits per heavy atom. The number of phenols is 1. The van der Waals surface area contributed by atoms with Crippen molar-refractivity contribution in [3.05, 3.63) is 42.0 Å². The lowest BCUT2D eigenvalue weighted by atomic mass is 9.81. The molecule has 3 rings (SSSR count). The molecular weight excluding hydrogens is 250 g/mol. The molecule has 4 nitrogen and oxygen atoms in total. The van der Waals surface area contributed by atoms with Crippen LogP contribution in [0.3, 0.4) is 0 Å². The van der Waals surface area contributed by atoms with Crippen molar-refractivity contribution in [1.29, 1.82) is 0 Å². The van der Waals surface area contributed by atoms with E-state index >= 15 is 0 Å². The molecule has 3 aromatic rings. The van der Waals surface area contributed by atoms with E-state index in [1.165, 1.54) is 0 Å². The summed E-state index contributed by atoms with van der Waals surface area (Å²) in [5.41, 5.74) is 4.39. The molecule has 4 heteroatoms. The third-order valence-electron chi connectivity index (χ3n) is 3.43. The monoisotopic (exact) mass is 267 g/mol. The van der Waals surface area contributed by atoms with Gasteiger partial charge in [0.15, 0.2) is 0 Å². The molecule has 0 atom stereocenters. The van der Waals surface area contributed by atoms with Crippen LogP contribution in [0.5, 0.6) is 5.75 Å². The average Bonchev–Trinajstić information content (AvgIpc) is 2.84. The van der Waals surface area contributed by atoms with Gasteiger partial charge in [0.25, 0.3) is 0 Å². The first kappa shape index (κ1) is 12.7. The zero-order valence-electron chi connectivity index (χ0n) is 11.8. The molecule has 0 amide bonds. The van der Waals surface area contributed by atoms with Crippen molar-refractivity contribution in [1.82, 2.24) is 15.4 Å². The molecule has 1 aromatic heterocycles. The number of para-hydroxylation sites is 1. The van der Waals surface area contributed by atoms with Crippen LogP contribution >= 0.6 is 0 Å². The summed E-state index contributed by atoms with van der Waals surface area (Å²) >= 11 is 0. The SMILES string of the molecule is CC(C)(C)c1c(O)cccc1-c1cccc2n[nH]nc12. The van der Waals surface area contributed by atoms with E-state index in [4.69, 9.17) is 0 Å². The van der Waals surface area contributed by atoms with Crippen molar-refractivity contribution in [3.8, 4) is 16.9 Å². The van der Waals surface area contributed by atoms with Crippen LogP contribution in [0.1, 0.15) is 26.3 Å². The third-order valence-corrected chi connectivity index (χ3v) is 3.43. The number of aromatic nitrogens is 3. The average molecular weight is 267 g/mol. The fourth-order valence-corrected chi connectivity index (χ4v) is 2.64. The summed E-state index contributed by atoms with van der Waals surface area (Å²) in [5.74, 6) is 0.315. The van der Waals surface area contributed by atoms with E-state index < -0.39 is 0 Å². The van der Waals surface area contributed by atoms with Gasteiger partial charge in [-0.25, -0.2) is 0 Å². The zero-order chi connectivity index (χ0) is 14.3. The lowest BCUT2D eigenvalue weighted by Crippen LogP contribution is -2.13. The highest BCUT2D eigenvalue weighted by molar-refractivity contribution is 5.92. The molecule has 0 saturated carbocycles. The molecule has 102 valence electrons. The number of H-pyrrole nitrogens is 1.